The molecule has 2 rings (SSSR count). The number of hydrogen-bond donors (Lipinski definition) is 1. The summed E-state index contributed by atoms with van der Waals surface area (Å²) in [5.41, 5.74) is 1.42. The molecule has 5 heteroatoms. The molecule has 0 aliphatic heterocycles. The number of methoxy groups -OCH3 is 1. The Hall–Kier alpha value is -2.17. The molecule has 2 aromatic rings. The summed E-state index contributed by atoms with van der Waals surface area (Å²) in [4.78, 5) is 11.6. The topological polar surface area (TPSA) is 72.8 Å². The second-order valence-electron chi connectivity index (χ2n) is 4.25. The average molecular weight is 264 g/mol. The molecule has 2 aromatic heterocycles. The molecular weight excluding hydrogens is 248 g/mol. The van der Waals surface area contributed by atoms with Gasteiger partial charge in [0.15, 0.2) is 23.1 Å². The van der Waals surface area contributed by atoms with Gasteiger partial charge in [-0.3, -0.25) is 4.79 Å². The quantitative estimate of drug-likeness (QED) is 0.838. The lowest BCUT2D eigenvalue weighted by molar-refractivity contribution is 0.0987. The predicted molar refractivity (Wildman–Crippen MR) is 68.6 cm³/mol. The van der Waals surface area contributed by atoms with Gasteiger partial charge in [-0.1, -0.05) is 13.3 Å². The van der Waals surface area contributed by atoms with Crippen LogP contribution in [0.5, 0.6) is 11.7 Å². The molecule has 0 aliphatic carbocycles. The molecule has 19 heavy (non-hydrogen) atoms. The highest BCUT2D eigenvalue weighted by atomic mass is 16.5. The molecular formula is C14H16O5. The fraction of sp³-hybridized carbons (Fsp3) is 0.357. The van der Waals surface area contributed by atoms with E-state index in [1.807, 2.05) is 6.92 Å². The summed E-state index contributed by atoms with van der Waals surface area (Å²) in [6, 6.07) is 1.36. The molecule has 0 radical (unpaired) electrons. The summed E-state index contributed by atoms with van der Waals surface area (Å²) >= 11 is 0. The summed E-state index contributed by atoms with van der Waals surface area (Å²) < 4.78 is 15.7. The van der Waals surface area contributed by atoms with E-state index in [0.717, 1.165) is 18.4 Å². The van der Waals surface area contributed by atoms with Crippen molar-refractivity contribution in [2.45, 2.75) is 26.7 Å². The van der Waals surface area contributed by atoms with Gasteiger partial charge in [0.1, 0.15) is 0 Å². The van der Waals surface area contributed by atoms with E-state index in [9.17, 15) is 9.90 Å². The third-order valence-corrected chi connectivity index (χ3v) is 2.84. The Bertz CT molecular complexity index is 591. The fourth-order valence-corrected chi connectivity index (χ4v) is 2.04. The number of hydrogen-bond acceptors (Lipinski definition) is 5. The van der Waals surface area contributed by atoms with Gasteiger partial charge in [-0.2, -0.15) is 0 Å². The van der Waals surface area contributed by atoms with Crippen LogP contribution in [0.25, 0.3) is 11.3 Å². The van der Waals surface area contributed by atoms with Gasteiger partial charge in [0.25, 0.3) is 5.95 Å². The van der Waals surface area contributed by atoms with Crippen molar-refractivity contribution in [3.8, 4) is 23.0 Å². The Morgan fingerprint density at radius 2 is 2.21 bits per heavy atom. The predicted octanol–water partition coefficient (Wildman–Crippen LogP) is 3.41. The van der Waals surface area contributed by atoms with E-state index in [1.165, 1.54) is 20.1 Å². The van der Waals surface area contributed by atoms with Crippen molar-refractivity contribution < 1.29 is 23.5 Å². The molecule has 0 atom stereocenters. The Balaban J connectivity index is 2.63. The first-order chi connectivity index (χ1) is 9.08. The van der Waals surface area contributed by atoms with Gasteiger partial charge >= 0.3 is 0 Å². The highest BCUT2D eigenvalue weighted by Gasteiger charge is 2.25. The SMILES string of the molecule is CCCc1coc(C(C)=O)c1-c1oc(O)cc1OC. The molecule has 0 bridgehead atoms. The summed E-state index contributed by atoms with van der Waals surface area (Å²) in [6.45, 7) is 3.45. The third kappa shape index (κ3) is 2.36. The lowest BCUT2D eigenvalue weighted by atomic mass is 10.0. The van der Waals surface area contributed by atoms with E-state index in [4.69, 9.17) is 13.6 Å². The number of aromatic hydroxyl groups is 1. The molecule has 1 N–H and O–H groups in total. The lowest BCUT2D eigenvalue weighted by Gasteiger charge is -2.03. The molecule has 0 unspecified atom stereocenters. The van der Waals surface area contributed by atoms with E-state index in [0.29, 0.717) is 17.1 Å². The monoisotopic (exact) mass is 264 g/mol. The second-order valence-corrected chi connectivity index (χ2v) is 4.25. The van der Waals surface area contributed by atoms with Crippen molar-refractivity contribution in [3.63, 3.8) is 0 Å². The minimum Gasteiger partial charge on any atom is -0.493 e. The van der Waals surface area contributed by atoms with Crippen LogP contribution in [0.4, 0.5) is 0 Å². The zero-order valence-corrected chi connectivity index (χ0v) is 11.1. The molecule has 0 fully saturated rings. The van der Waals surface area contributed by atoms with Crippen molar-refractivity contribution in [1.29, 1.82) is 0 Å². The first-order valence-electron chi connectivity index (χ1n) is 6.06. The van der Waals surface area contributed by atoms with Crippen LogP contribution in [-0.4, -0.2) is 18.0 Å². The van der Waals surface area contributed by atoms with Gasteiger partial charge in [-0.15, -0.1) is 0 Å². The standard InChI is InChI=1S/C14H16O5/c1-4-5-9-7-18-13(8(2)15)12(9)14-10(17-3)6-11(16)19-14/h6-7,16H,4-5H2,1-3H3. The van der Waals surface area contributed by atoms with Crippen LogP contribution in [0.1, 0.15) is 36.4 Å². The van der Waals surface area contributed by atoms with E-state index >= 15 is 0 Å². The number of ketones is 1. The van der Waals surface area contributed by atoms with Crippen molar-refractivity contribution >= 4 is 5.78 Å². The van der Waals surface area contributed by atoms with Gasteiger partial charge in [0, 0.05) is 12.5 Å². The number of Topliss-reactive ketones (excluding diaryl/α,β-unsaturated/α-hetero) is 1. The first kappa shape index (κ1) is 13.3. The van der Waals surface area contributed by atoms with Crippen molar-refractivity contribution in [3.05, 3.63) is 23.7 Å². The molecule has 0 amide bonds. The van der Waals surface area contributed by atoms with Crippen LogP contribution in [0.3, 0.4) is 0 Å². The van der Waals surface area contributed by atoms with E-state index in [2.05, 4.69) is 0 Å². The van der Waals surface area contributed by atoms with Crippen molar-refractivity contribution in [2.75, 3.05) is 7.11 Å². The molecule has 102 valence electrons. The Morgan fingerprint density at radius 3 is 2.79 bits per heavy atom. The summed E-state index contributed by atoms with van der Waals surface area (Å²) in [5.74, 6) is 0.456. The molecule has 0 saturated carbocycles. The Labute approximate surface area is 110 Å². The summed E-state index contributed by atoms with van der Waals surface area (Å²) in [7, 11) is 1.47. The molecule has 0 spiro atoms. The number of carbonyl (C=O) groups excluding carboxylic acids is 1. The third-order valence-electron chi connectivity index (χ3n) is 2.84. The van der Waals surface area contributed by atoms with Crippen LogP contribution >= 0.6 is 0 Å². The summed E-state index contributed by atoms with van der Waals surface area (Å²) in [5, 5.41) is 9.45. The van der Waals surface area contributed by atoms with Crippen LogP contribution in [0.15, 0.2) is 21.2 Å². The fourth-order valence-electron chi connectivity index (χ4n) is 2.04. The minimum atomic E-state index is -0.259. The van der Waals surface area contributed by atoms with Crippen LogP contribution < -0.4 is 4.74 Å². The highest BCUT2D eigenvalue weighted by Crippen LogP contribution is 2.41. The molecule has 0 aromatic carbocycles. The van der Waals surface area contributed by atoms with Crippen molar-refractivity contribution in [2.24, 2.45) is 0 Å². The number of carbonyl (C=O) groups is 1. The van der Waals surface area contributed by atoms with E-state index in [-0.39, 0.29) is 17.5 Å². The average Bonchev–Trinajstić information content (AvgIpc) is 2.92. The van der Waals surface area contributed by atoms with Gasteiger partial charge in [-0.25, -0.2) is 0 Å². The maximum atomic E-state index is 11.6. The number of aryl methyl sites for hydroxylation is 1. The van der Waals surface area contributed by atoms with Crippen LogP contribution in [0, 0.1) is 0 Å². The van der Waals surface area contributed by atoms with Gasteiger partial charge in [-0.05, 0) is 6.42 Å². The molecule has 2 heterocycles. The van der Waals surface area contributed by atoms with Crippen molar-refractivity contribution in [1.82, 2.24) is 0 Å². The zero-order valence-electron chi connectivity index (χ0n) is 11.1. The Kier molecular flexibility index (Phi) is 3.64. The summed E-state index contributed by atoms with van der Waals surface area (Å²) in [6.07, 6.45) is 3.20. The molecule has 0 saturated heterocycles. The lowest BCUT2D eigenvalue weighted by Crippen LogP contribution is -1.95. The maximum absolute atomic E-state index is 11.6. The number of ether oxygens (including phenoxy) is 1. The smallest absolute Gasteiger partial charge is 0.286 e. The minimum absolute atomic E-state index is 0.199. The normalized spacial score (nSPS) is 10.7. The zero-order chi connectivity index (χ0) is 14.0. The first-order valence-corrected chi connectivity index (χ1v) is 6.06. The highest BCUT2D eigenvalue weighted by molar-refractivity contribution is 5.99. The van der Waals surface area contributed by atoms with Crippen LogP contribution in [-0.2, 0) is 6.42 Å². The Morgan fingerprint density at radius 1 is 1.47 bits per heavy atom. The van der Waals surface area contributed by atoms with Gasteiger partial charge in [0.05, 0.1) is 25.0 Å². The number of furan rings is 2. The molecule has 5 nitrogen and oxygen atoms in total. The van der Waals surface area contributed by atoms with E-state index in [1.54, 1.807) is 6.26 Å². The number of rotatable bonds is 5. The maximum Gasteiger partial charge on any atom is 0.286 e. The van der Waals surface area contributed by atoms with Gasteiger partial charge < -0.3 is 18.7 Å². The van der Waals surface area contributed by atoms with Crippen LogP contribution in [0.2, 0.25) is 0 Å². The largest absolute Gasteiger partial charge is 0.493 e. The second kappa shape index (κ2) is 5.22. The van der Waals surface area contributed by atoms with E-state index < -0.39 is 0 Å². The molecule has 0 aliphatic rings. The van der Waals surface area contributed by atoms with Gasteiger partial charge in [0.2, 0.25) is 0 Å².